The highest BCUT2D eigenvalue weighted by Crippen LogP contribution is 2.42. The lowest BCUT2D eigenvalue weighted by Gasteiger charge is -2.47. The van der Waals surface area contributed by atoms with Crippen LogP contribution in [0.3, 0.4) is 0 Å². The van der Waals surface area contributed by atoms with Gasteiger partial charge in [0.2, 0.25) is 0 Å². The maximum Gasteiger partial charge on any atom is 0.332 e. The molecule has 5 rings (SSSR count). The quantitative estimate of drug-likeness (QED) is 0.267. The lowest BCUT2D eigenvalue weighted by Crippen LogP contribution is -3.00. The van der Waals surface area contributed by atoms with Gasteiger partial charge in [0.05, 0.1) is 38.6 Å². The van der Waals surface area contributed by atoms with Gasteiger partial charge in [-0.2, -0.15) is 0 Å². The summed E-state index contributed by atoms with van der Waals surface area (Å²) in [6, 6.07) is 10.1. The molecule has 2 aliphatic rings. The van der Waals surface area contributed by atoms with E-state index in [0.29, 0.717) is 29.8 Å². The van der Waals surface area contributed by atoms with Crippen molar-refractivity contribution >= 4 is 17.1 Å². The van der Waals surface area contributed by atoms with Gasteiger partial charge in [0.1, 0.15) is 12.0 Å². The number of aryl methyl sites for hydroxylation is 2. The summed E-state index contributed by atoms with van der Waals surface area (Å²) < 4.78 is 11.3. The van der Waals surface area contributed by atoms with Gasteiger partial charge in [-0.25, -0.2) is 9.78 Å². The number of rotatable bonds is 8. The number of fused-ring (bicyclic) bond motifs is 3. The van der Waals surface area contributed by atoms with Crippen molar-refractivity contribution in [2.45, 2.75) is 62.8 Å². The van der Waals surface area contributed by atoms with Gasteiger partial charge in [0.15, 0.2) is 11.2 Å². The predicted octanol–water partition coefficient (Wildman–Crippen LogP) is -1.71. The van der Waals surface area contributed by atoms with E-state index in [0.717, 1.165) is 53.3 Å². The molecule has 2 bridgehead atoms. The number of hydrogen-bond acceptors (Lipinski definition) is 6. The molecular weight excluding hydrogens is 510 g/mol. The molecule has 4 heterocycles. The molecule has 10 nitrogen and oxygen atoms in total. The van der Waals surface area contributed by atoms with Crippen LogP contribution in [0.2, 0.25) is 0 Å². The molecule has 1 aromatic carbocycles. The molecule has 38 heavy (non-hydrogen) atoms. The topological polar surface area (TPSA) is 108 Å². The third-order valence-electron chi connectivity index (χ3n) is 8.78. The molecule has 2 aliphatic heterocycles. The number of esters is 1. The molecule has 2 fully saturated rings. The Morgan fingerprint density at radius 1 is 1.13 bits per heavy atom. The molecule has 0 spiro atoms. The normalized spacial score (nSPS) is 25.2. The van der Waals surface area contributed by atoms with E-state index >= 15 is 0 Å². The maximum atomic E-state index is 12.9. The average molecular weight is 546 g/mol. The Morgan fingerprint density at radius 2 is 1.79 bits per heavy atom. The van der Waals surface area contributed by atoms with Crippen LogP contribution in [0.5, 0.6) is 0 Å². The number of quaternary nitrogens is 1. The number of nitrogens with zero attached hydrogens (tertiary/aromatic N) is 5. The van der Waals surface area contributed by atoms with Gasteiger partial charge in [-0.1, -0.05) is 30.3 Å². The second kappa shape index (κ2) is 11.0. The Bertz CT molecular complexity index is 1400. The van der Waals surface area contributed by atoms with Crippen molar-refractivity contribution in [1.29, 1.82) is 0 Å². The third-order valence-corrected chi connectivity index (χ3v) is 8.78. The Morgan fingerprint density at radius 3 is 2.42 bits per heavy atom. The second-order valence-electron chi connectivity index (χ2n) is 10.8. The number of benzene rings is 1. The molecule has 3 unspecified atom stereocenters. The van der Waals surface area contributed by atoms with Crippen LogP contribution in [0.25, 0.3) is 11.2 Å². The zero-order valence-electron chi connectivity index (χ0n) is 22.1. The van der Waals surface area contributed by atoms with Crippen LogP contribution in [0.15, 0.2) is 46.2 Å². The van der Waals surface area contributed by atoms with Gasteiger partial charge in [0, 0.05) is 52.7 Å². The highest BCUT2D eigenvalue weighted by molar-refractivity contribution is 5.78. The van der Waals surface area contributed by atoms with Crippen molar-refractivity contribution < 1.29 is 31.5 Å². The van der Waals surface area contributed by atoms with Crippen molar-refractivity contribution in [2.75, 3.05) is 20.2 Å². The number of aliphatic hydroxyl groups is 1. The highest BCUT2D eigenvalue weighted by Gasteiger charge is 2.52. The van der Waals surface area contributed by atoms with E-state index in [9.17, 15) is 19.5 Å². The van der Waals surface area contributed by atoms with Gasteiger partial charge < -0.3 is 31.3 Å². The van der Waals surface area contributed by atoms with E-state index in [1.807, 2.05) is 34.9 Å². The first-order valence-corrected chi connectivity index (χ1v) is 13.1. The van der Waals surface area contributed by atoms with Gasteiger partial charge in [-0.05, 0) is 5.56 Å². The third kappa shape index (κ3) is 4.81. The number of imidazole rings is 1. The fourth-order valence-corrected chi connectivity index (χ4v) is 6.55. The Kier molecular flexibility index (Phi) is 8.15. The van der Waals surface area contributed by atoms with Crippen LogP contribution in [0, 0.1) is 0 Å². The molecule has 0 radical (unpaired) electrons. The smallest absolute Gasteiger partial charge is 0.332 e. The first-order chi connectivity index (χ1) is 17.7. The lowest BCUT2D eigenvalue weighted by atomic mass is 9.95. The number of hydrogen-bond donors (Lipinski definition) is 1. The molecule has 2 saturated heterocycles. The minimum Gasteiger partial charge on any atom is -1.00 e. The van der Waals surface area contributed by atoms with E-state index in [2.05, 4.69) is 12.0 Å². The molecule has 0 aliphatic carbocycles. The van der Waals surface area contributed by atoms with E-state index in [-0.39, 0.29) is 42.3 Å². The largest absolute Gasteiger partial charge is 1.00 e. The van der Waals surface area contributed by atoms with E-state index in [1.54, 1.807) is 13.4 Å². The van der Waals surface area contributed by atoms with Crippen LogP contribution in [-0.4, -0.2) is 72.6 Å². The minimum absolute atomic E-state index is 0. The summed E-state index contributed by atoms with van der Waals surface area (Å²) in [4.78, 5) is 42.2. The Labute approximate surface area is 227 Å². The number of ether oxygens (including phenoxy) is 1. The van der Waals surface area contributed by atoms with E-state index in [4.69, 9.17) is 4.74 Å². The van der Waals surface area contributed by atoms with E-state index in [1.165, 1.54) is 11.6 Å². The molecule has 206 valence electrons. The number of aliphatic hydroxyl groups excluding tert-OH is 1. The van der Waals surface area contributed by atoms with Crippen LogP contribution in [0.4, 0.5) is 0 Å². The van der Waals surface area contributed by atoms with Gasteiger partial charge in [0.25, 0.3) is 5.56 Å². The van der Waals surface area contributed by atoms with Gasteiger partial charge >= 0.3 is 11.7 Å². The average Bonchev–Trinajstić information content (AvgIpc) is 3.35. The molecule has 3 atom stereocenters. The fraction of sp³-hybridized carbons (Fsp3) is 0.556. The summed E-state index contributed by atoms with van der Waals surface area (Å²) in [6.07, 6.45) is 6.24. The Balaban J connectivity index is 0.00000336. The van der Waals surface area contributed by atoms with Crippen LogP contribution < -0.4 is 23.7 Å². The van der Waals surface area contributed by atoms with Crippen LogP contribution in [0.1, 0.15) is 43.6 Å². The van der Waals surface area contributed by atoms with Crippen molar-refractivity contribution in [1.82, 2.24) is 18.7 Å². The second-order valence-corrected chi connectivity index (χ2v) is 10.8. The molecule has 2 aromatic heterocycles. The van der Waals surface area contributed by atoms with Gasteiger partial charge in [-0.3, -0.25) is 18.7 Å². The highest BCUT2D eigenvalue weighted by atomic mass is 35.5. The summed E-state index contributed by atoms with van der Waals surface area (Å²) >= 11 is 0. The fourth-order valence-electron chi connectivity index (χ4n) is 6.55. The lowest BCUT2D eigenvalue weighted by molar-refractivity contribution is -0.949. The zero-order valence-corrected chi connectivity index (χ0v) is 22.9. The number of halogens is 1. The SMILES string of the molecule is Cn1c(=O)c2c(ncn2CCC[N+]2(C)C3CCC2CC(OC(=O)C(CO)c2ccccc2)C3)n(C)c1=O.[Cl-]. The summed E-state index contributed by atoms with van der Waals surface area (Å²) in [5.41, 5.74) is 0.937. The molecular formula is C27H36ClN5O5. The van der Waals surface area contributed by atoms with Crippen molar-refractivity contribution in [3.05, 3.63) is 63.1 Å². The van der Waals surface area contributed by atoms with Crippen molar-refractivity contribution in [2.24, 2.45) is 14.1 Å². The van der Waals surface area contributed by atoms with Crippen molar-refractivity contribution in [3.63, 3.8) is 0 Å². The van der Waals surface area contributed by atoms with Crippen molar-refractivity contribution in [3.8, 4) is 0 Å². The van der Waals surface area contributed by atoms with Crippen LogP contribution in [-0.2, 0) is 30.2 Å². The molecule has 1 N–H and O–H groups in total. The standard InChI is InChI=1S/C27H36N5O5.ClH/c1-29-24-23(25(34)30(2)27(29)36)31(17-28-24)12-7-13-32(3)19-10-11-20(32)15-21(14-19)37-26(35)22(16-33)18-8-5-4-6-9-18;/h4-6,8-9,17,19-22,33H,7,10-16H2,1-3H3;1H/q+1;/p-1. The first-order valence-electron chi connectivity index (χ1n) is 13.1. The number of aromatic nitrogens is 4. The summed E-state index contributed by atoms with van der Waals surface area (Å²) in [5.74, 6) is -1.00. The summed E-state index contributed by atoms with van der Waals surface area (Å²) in [7, 11) is 5.42. The van der Waals surface area contributed by atoms with Crippen LogP contribution >= 0.6 is 0 Å². The number of piperidine rings is 1. The number of carbonyl (C=O) groups is 1. The maximum absolute atomic E-state index is 12.9. The molecule has 0 amide bonds. The zero-order chi connectivity index (χ0) is 26.3. The Hall–Kier alpha value is -2.95. The monoisotopic (exact) mass is 545 g/mol. The first kappa shape index (κ1) is 28.1. The summed E-state index contributed by atoms with van der Waals surface area (Å²) in [6.45, 7) is 1.33. The predicted molar refractivity (Wildman–Crippen MR) is 138 cm³/mol. The molecule has 3 aromatic rings. The molecule has 11 heteroatoms. The minimum atomic E-state index is -0.654. The number of carbonyl (C=O) groups excluding carboxylic acids is 1. The molecule has 0 saturated carbocycles. The summed E-state index contributed by atoms with van der Waals surface area (Å²) in [5, 5.41) is 9.83. The van der Waals surface area contributed by atoms with Gasteiger partial charge in [-0.15, -0.1) is 0 Å². The van der Waals surface area contributed by atoms with E-state index < -0.39 is 5.92 Å².